The van der Waals surface area contributed by atoms with Crippen LogP contribution in [0.3, 0.4) is 0 Å². The summed E-state index contributed by atoms with van der Waals surface area (Å²) in [6.45, 7) is 6.27. The minimum atomic E-state index is -0.462. The van der Waals surface area contributed by atoms with E-state index in [-0.39, 0.29) is 30.2 Å². The van der Waals surface area contributed by atoms with E-state index in [9.17, 15) is 4.79 Å². The zero-order valence-corrected chi connectivity index (χ0v) is 17.7. The number of carbonyl (C=O) groups is 1. The van der Waals surface area contributed by atoms with E-state index in [1.807, 2.05) is 12.1 Å². The van der Waals surface area contributed by atoms with Crippen LogP contribution in [0.15, 0.2) is 18.2 Å². The van der Waals surface area contributed by atoms with E-state index in [1.54, 1.807) is 6.07 Å². The zero-order valence-electron chi connectivity index (χ0n) is 15.3. The molecule has 1 amide bonds. The van der Waals surface area contributed by atoms with Crippen LogP contribution in [-0.2, 0) is 16.0 Å². The average Bonchev–Trinajstić information content (AvgIpc) is 2.59. The Bertz CT molecular complexity index is 578. The van der Waals surface area contributed by atoms with Gasteiger partial charge in [0.1, 0.15) is 0 Å². The van der Waals surface area contributed by atoms with Crippen LogP contribution in [0.2, 0.25) is 10.0 Å². The Morgan fingerprint density at radius 1 is 1.31 bits per heavy atom. The molecule has 1 aromatic rings. The van der Waals surface area contributed by atoms with Gasteiger partial charge in [-0.3, -0.25) is 4.79 Å². The number of amides is 1. The molecule has 2 unspecified atom stereocenters. The van der Waals surface area contributed by atoms with E-state index in [1.165, 1.54) is 0 Å². The molecule has 4 nitrogen and oxygen atoms in total. The standard InChI is InChI=1S/C19H28Cl2N2O2.ClH/c1-12(2)15(9-14-3-4-16(20)10-17(14)21)11-23-19(24)18(22)13-5-7-25-8-6-13;/h3-4,10,12-13,15,18H,5-9,11,22H2,1-2H3,(H,23,24);1H. The van der Waals surface area contributed by atoms with Gasteiger partial charge < -0.3 is 15.8 Å². The predicted octanol–water partition coefficient (Wildman–Crippen LogP) is 4.10. The second-order valence-corrected chi connectivity index (χ2v) is 8.01. The Morgan fingerprint density at radius 3 is 2.54 bits per heavy atom. The number of benzene rings is 1. The van der Waals surface area contributed by atoms with E-state index in [0.717, 1.165) is 24.8 Å². The highest BCUT2D eigenvalue weighted by molar-refractivity contribution is 6.35. The van der Waals surface area contributed by atoms with Gasteiger partial charge in [0, 0.05) is 29.8 Å². The van der Waals surface area contributed by atoms with Crippen LogP contribution in [0.25, 0.3) is 0 Å². The molecule has 1 fully saturated rings. The highest BCUT2D eigenvalue weighted by atomic mass is 35.5. The normalized spacial score (nSPS) is 17.5. The number of nitrogens with two attached hydrogens (primary N) is 1. The summed E-state index contributed by atoms with van der Waals surface area (Å²) < 4.78 is 5.34. The van der Waals surface area contributed by atoms with Gasteiger partial charge in [-0.2, -0.15) is 0 Å². The molecule has 7 heteroatoms. The Hall–Kier alpha value is -0.520. The minimum absolute atomic E-state index is 0. The molecule has 0 spiro atoms. The van der Waals surface area contributed by atoms with Crippen molar-refractivity contribution in [1.82, 2.24) is 5.32 Å². The maximum atomic E-state index is 12.4. The van der Waals surface area contributed by atoms with E-state index in [2.05, 4.69) is 19.2 Å². The van der Waals surface area contributed by atoms with Gasteiger partial charge in [-0.05, 0) is 54.7 Å². The number of carbonyl (C=O) groups excluding carboxylic acids is 1. The number of ether oxygens (including phenoxy) is 1. The average molecular weight is 424 g/mol. The molecule has 1 aromatic carbocycles. The van der Waals surface area contributed by atoms with E-state index >= 15 is 0 Å². The number of halogens is 3. The smallest absolute Gasteiger partial charge is 0.237 e. The second kappa shape index (κ2) is 11.4. The molecule has 1 aliphatic heterocycles. The summed E-state index contributed by atoms with van der Waals surface area (Å²) >= 11 is 12.3. The lowest BCUT2D eigenvalue weighted by molar-refractivity contribution is -0.124. The Balaban J connectivity index is 0.00000338. The summed E-state index contributed by atoms with van der Waals surface area (Å²) in [5.74, 6) is 0.826. The number of nitrogens with one attached hydrogen (secondary N) is 1. The molecule has 0 radical (unpaired) electrons. The van der Waals surface area contributed by atoms with Crippen LogP contribution < -0.4 is 11.1 Å². The van der Waals surface area contributed by atoms with Crippen LogP contribution in [-0.4, -0.2) is 31.7 Å². The highest BCUT2D eigenvalue weighted by Gasteiger charge is 2.27. The van der Waals surface area contributed by atoms with Crippen LogP contribution in [0.4, 0.5) is 0 Å². The molecule has 26 heavy (non-hydrogen) atoms. The topological polar surface area (TPSA) is 64.4 Å². The number of hydrogen-bond donors (Lipinski definition) is 2. The van der Waals surface area contributed by atoms with Gasteiger partial charge in [0.05, 0.1) is 6.04 Å². The SMILES string of the molecule is CC(C)C(CNC(=O)C(N)C1CCOCC1)Cc1ccc(Cl)cc1Cl.Cl. The Morgan fingerprint density at radius 2 is 1.96 bits per heavy atom. The molecule has 2 atom stereocenters. The zero-order chi connectivity index (χ0) is 18.4. The van der Waals surface area contributed by atoms with Gasteiger partial charge in [0.2, 0.25) is 5.91 Å². The number of hydrogen-bond acceptors (Lipinski definition) is 3. The molecule has 0 aliphatic carbocycles. The molecule has 1 heterocycles. The van der Waals surface area contributed by atoms with Gasteiger partial charge in [0.15, 0.2) is 0 Å². The predicted molar refractivity (Wildman–Crippen MR) is 110 cm³/mol. The maximum Gasteiger partial charge on any atom is 0.237 e. The molecule has 0 aromatic heterocycles. The lowest BCUT2D eigenvalue weighted by atomic mass is 9.88. The summed E-state index contributed by atoms with van der Waals surface area (Å²) in [7, 11) is 0. The Kier molecular flexibility index (Phi) is 10.3. The minimum Gasteiger partial charge on any atom is -0.381 e. The first kappa shape index (κ1) is 23.5. The van der Waals surface area contributed by atoms with Gasteiger partial charge in [0.25, 0.3) is 0 Å². The first-order valence-corrected chi connectivity index (χ1v) is 9.69. The van der Waals surface area contributed by atoms with Crippen molar-refractivity contribution in [3.05, 3.63) is 33.8 Å². The molecular formula is C19H29Cl3N2O2. The van der Waals surface area contributed by atoms with Crippen molar-refractivity contribution in [2.24, 2.45) is 23.5 Å². The second-order valence-electron chi connectivity index (χ2n) is 7.16. The molecule has 148 valence electrons. The maximum absolute atomic E-state index is 12.4. The van der Waals surface area contributed by atoms with Crippen molar-refractivity contribution in [2.45, 2.75) is 39.2 Å². The van der Waals surface area contributed by atoms with E-state index in [4.69, 9.17) is 33.7 Å². The summed E-state index contributed by atoms with van der Waals surface area (Å²) in [6, 6.07) is 5.10. The molecule has 0 bridgehead atoms. The number of rotatable bonds is 7. The van der Waals surface area contributed by atoms with Crippen molar-refractivity contribution in [3.63, 3.8) is 0 Å². The Labute approximate surface area is 172 Å². The molecule has 2 rings (SSSR count). The van der Waals surface area contributed by atoms with Crippen molar-refractivity contribution in [1.29, 1.82) is 0 Å². The van der Waals surface area contributed by atoms with E-state index in [0.29, 0.717) is 35.7 Å². The summed E-state index contributed by atoms with van der Waals surface area (Å²) in [4.78, 5) is 12.4. The van der Waals surface area contributed by atoms with Gasteiger partial charge in [-0.15, -0.1) is 12.4 Å². The monoisotopic (exact) mass is 422 g/mol. The lowest BCUT2D eigenvalue weighted by Gasteiger charge is -2.28. The van der Waals surface area contributed by atoms with E-state index < -0.39 is 6.04 Å². The fraction of sp³-hybridized carbons (Fsp3) is 0.632. The molecule has 0 saturated carbocycles. The third-order valence-corrected chi connectivity index (χ3v) is 5.64. The summed E-state index contributed by atoms with van der Waals surface area (Å²) in [5, 5.41) is 4.34. The molecule has 1 aliphatic rings. The van der Waals surface area contributed by atoms with Crippen molar-refractivity contribution in [2.75, 3.05) is 19.8 Å². The fourth-order valence-electron chi connectivity index (χ4n) is 3.15. The molecular weight excluding hydrogens is 395 g/mol. The largest absolute Gasteiger partial charge is 0.381 e. The summed E-state index contributed by atoms with van der Waals surface area (Å²) in [6.07, 6.45) is 2.49. The van der Waals surface area contributed by atoms with Gasteiger partial charge >= 0.3 is 0 Å². The quantitative estimate of drug-likeness (QED) is 0.694. The van der Waals surface area contributed by atoms with Crippen molar-refractivity contribution >= 4 is 41.5 Å². The van der Waals surface area contributed by atoms with Crippen molar-refractivity contribution in [3.8, 4) is 0 Å². The van der Waals surface area contributed by atoms with Crippen LogP contribution in [0.1, 0.15) is 32.3 Å². The first-order valence-electron chi connectivity index (χ1n) is 8.93. The van der Waals surface area contributed by atoms with Crippen LogP contribution in [0.5, 0.6) is 0 Å². The van der Waals surface area contributed by atoms with Crippen molar-refractivity contribution < 1.29 is 9.53 Å². The van der Waals surface area contributed by atoms with Gasteiger partial charge in [-0.25, -0.2) is 0 Å². The van der Waals surface area contributed by atoms with Gasteiger partial charge in [-0.1, -0.05) is 43.1 Å². The first-order chi connectivity index (χ1) is 11.9. The van der Waals surface area contributed by atoms with Crippen LogP contribution >= 0.6 is 35.6 Å². The molecule has 3 N–H and O–H groups in total. The lowest BCUT2D eigenvalue weighted by Crippen LogP contribution is -2.48. The fourth-order valence-corrected chi connectivity index (χ4v) is 3.64. The van der Waals surface area contributed by atoms with Crippen LogP contribution in [0, 0.1) is 17.8 Å². The molecule has 1 saturated heterocycles. The summed E-state index contributed by atoms with van der Waals surface area (Å²) in [5.41, 5.74) is 7.19. The third-order valence-electron chi connectivity index (χ3n) is 5.06. The highest BCUT2D eigenvalue weighted by Crippen LogP contribution is 2.26. The third kappa shape index (κ3) is 6.90.